The molecule has 0 radical (unpaired) electrons. The van der Waals surface area contributed by atoms with Gasteiger partial charge in [0.1, 0.15) is 5.82 Å². The van der Waals surface area contributed by atoms with Crippen molar-refractivity contribution in [3.05, 3.63) is 35.3 Å². The molecular formula is C14H12FNO3. The summed E-state index contributed by atoms with van der Waals surface area (Å²) in [5.74, 6) is -1.31. The molecule has 2 heterocycles. The van der Waals surface area contributed by atoms with E-state index in [4.69, 9.17) is 5.11 Å². The van der Waals surface area contributed by atoms with Crippen LogP contribution in [0.3, 0.4) is 0 Å². The van der Waals surface area contributed by atoms with Crippen molar-refractivity contribution in [3.63, 3.8) is 0 Å². The summed E-state index contributed by atoms with van der Waals surface area (Å²) in [7, 11) is 0. The predicted octanol–water partition coefficient (Wildman–Crippen LogP) is 1.92. The first-order chi connectivity index (χ1) is 9.08. The molecule has 1 aliphatic rings. The molecule has 0 saturated heterocycles. The second kappa shape index (κ2) is 4.19. The molecule has 0 aliphatic carbocycles. The Morgan fingerprint density at radius 1 is 1.37 bits per heavy atom. The van der Waals surface area contributed by atoms with Gasteiger partial charge in [-0.25, -0.2) is 4.39 Å². The summed E-state index contributed by atoms with van der Waals surface area (Å²) in [4.78, 5) is 22.5. The second-order valence-corrected chi connectivity index (χ2v) is 4.76. The van der Waals surface area contributed by atoms with Gasteiger partial charge in [-0.3, -0.25) is 9.59 Å². The van der Waals surface area contributed by atoms with Crippen LogP contribution in [-0.2, 0) is 29.0 Å². The lowest BCUT2D eigenvalue weighted by Crippen LogP contribution is -2.20. The molecule has 0 unspecified atom stereocenters. The lowest BCUT2D eigenvalue weighted by Gasteiger charge is -2.16. The molecule has 4 nitrogen and oxygen atoms in total. The SMILES string of the molecule is O=C(O)Cc1c2n(c3c(F)cccc13)CC(=O)CC2. The Morgan fingerprint density at radius 2 is 2.16 bits per heavy atom. The fourth-order valence-electron chi connectivity index (χ4n) is 2.81. The number of halogens is 1. The molecule has 0 amide bonds. The van der Waals surface area contributed by atoms with E-state index in [0.29, 0.717) is 29.3 Å². The number of nitrogens with zero attached hydrogens (tertiary/aromatic N) is 1. The molecule has 98 valence electrons. The fraction of sp³-hybridized carbons (Fsp3) is 0.286. The molecule has 1 aromatic heterocycles. The van der Waals surface area contributed by atoms with E-state index in [1.165, 1.54) is 6.07 Å². The molecule has 2 aromatic rings. The molecular weight excluding hydrogens is 249 g/mol. The van der Waals surface area contributed by atoms with Crippen LogP contribution in [0.1, 0.15) is 17.7 Å². The number of carbonyl (C=O) groups is 2. The van der Waals surface area contributed by atoms with Gasteiger partial charge in [0.05, 0.1) is 18.5 Å². The Kier molecular flexibility index (Phi) is 2.62. The Morgan fingerprint density at radius 3 is 2.89 bits per heavy atom. The van der Waals surface area contributed by atoms with Gasteiger partial charge >= 0.3 is 5.97 Å². The molecule has 3 rings (SSSR count). The van der Waals surface area contributed by atoms with E-state index in [-0.39, 0.29) is 18.7 Å². The largest absolute Gasteiger partial charge is 0.481 e. The number of ketones is 1. The van der Waals surface area contributed by atoms with Gasteiger partial charge in [-0.05, 0) is 18.1 Å². The molecule has 19 heavy (non-hydrogen) atoms. The van der Waals surface area contributed by atoms with Crippen LogP contribution in [0.5, 0.6) is 0 Å². The summed E-state index contributed by atoms with van der Waals surface area (Å²) in [6.07, 6.45) is 0.733. The molecule has 1 aliphatic heterocycles. The highest BCUT2D eigenvalue weighted by Crippen LogP contribution is 2.31. The summed E-state index contributed by atoms with van der Waals surface area (Å²) >= 11 is 0. The highest BCUT2D eigenvalue weighted by Gasteiger charge is 2.25. The van der Waals surface area contributed by atoms with E-state index in [2.05, 4.69) is 0 Å². The topological polar surface area (TPSA) is 59.3 Å². The molecule has 5 heteroatoms. The minimum atomic E-state index is -0.948. The number of aromatic nitrogens is 1. The lowest BCUT2D eigenvalue weighted by molar-refractivity contribution is -0.136. The maximum Gasteiger partial charge on any atom is 0.307 e. The quantitative estimate of drug-likeness (QED) is 0.898. The number of rotatable bonds is 2. The minimum absolute atomic E-state index is 0.0505. The van der Waals surface area contributed by atoms with E-state index < -0.39 is 11.8 Å². The first-order valence-electron chi connectivity index (χ1n) is 6.10. The Balaban J connectivity index is 2.33. The van der Waals surface area contributed by atoms with Crippen molar-refractivity contribution in [3.8, 4) is 0 Å². The summed E-state index contributed by atoms with van der Waals surface area (Å²) in [5.41, 5.74) is 1.76. The van der Waals surface area contributed by atoms with Gasteiger partial charge < -0.3 is 9.67 Å². The van der Waals surface area contributed by atoms with E-state index in [1.807, 2.05) is 0 Å². The third-order valence-electron chi connectivity index (χ3n) is 3.56. The fourth-order valence-corrected chi connectivity index (χ4v) is 2.81. The van der Waals surface area contributed by atoms with Crippen molar-refractivity contribution >= 4 is 22.7 Å². The molecule has 0 spiro atoms. The van der Waals surface area contributed by atoms with Crippen molar-refractivity contribution in [2.24, 2.45) is 0 Å². The van der Waals surface area contributed by atoms with Crippen molar-refractivity contribution in [1.29, 1.82) is 0 Å². The van der Waals surface area contributed by atoms with Crippen LogP contribution in [0, 0.1) is 5.82 Å². The van der Waals surface area contributed by atoms with E-state index >= 15 is 0 Å². The van der Waals surface area contributed by atoms with E-state index in [0.717, 1.165) is 5.69 Å². The van der Waals surface area contributed by atoms with Crippen LogP contribution in [0.15, 0.2) is 18.2 Å². The standard InChI is InChI=1S/C14H12FNO3/c15-11-3-1-2-9-10(6-13(18)19)12-5-4-8(17)7-16(12)14(9)11/h1-3H,4-7H2,(H,18,19). The van der Waals surface area contributed by atoms with Gasteiger partial charge in [0.25, 0.3) is 0 Å². The Bertz CT molecular complexity index is 702. The molecule has 0 fully saturated rings. The van der Waals surface area contributed by atoms with Crippen LogP contribution >= 0.6 is 0 Å². The number of benzene rings is 1. The Labute approximate surface area is 108 Å². The van der Waals surface area contributed by atoms with Gasteiger partial charge in [0.15, 0.2) is 5.78 Å². The molecule has 1 aromatic carbocycles. The van der Waals surface area contributed by atoms with E-state index in [9.17, 15) is 14.0 Å². The summed E-state index contributed by atoms with van der Waals surface area (Å²) in [5, 5.41) is 9.60. The normalized spacial score (nSPS) is 14.7. The number of carboxylic acid groups (broad SMARTS) is 1. The van der Waals surface area contributed by atoms with Crippen molar-refractivity contribution in [2.75, 3.05) is 0 Å². The van der Waals surface area contributed by atoms with E-state index in [1.54, 1.807) is 16.7 Å². The van der Waals surface area contributed by atoms with Gasteiger partial charge in [-0.1, -0.05) is 12.1 Å². The number of Topliss-reactive ketones (excluding diaryl/α,β-unsaturated/α-hetero) is 1. The maximum absolute atomic E-state index is 14.0. The van der Waals surface area contributed by atoms with Crippen LogP contribution in [0.4, 0.5) is 4.39 Å². The number of hydrogen-bond donors (Lipinski definition) is 1. The third-order valence-corrected chi connectivity index (χ3v) is 3.56. The maximum atomic E-state index is 14.0. The van der Waals surface area contributed by atoms with Gasteiger partial charge in [0.2, 0.25) is 0 Å². The van der Waals surface area contributed by atoms with Gasteiger partial charge in [-0.15, -0.1) is 0 Å². The summed E-state index contributed by atoms with van der Waals surface area (Å²) < 4.78 is 15.6. The molecule has 0 saturated carbocycles. The van der Waals surface area contributed by atoms with Crippen molar-refractivity contribution in [2.45, 2.75) is 25.8 Å². The molecule has 1 N–H and O–H groups in total. The number of para-hydroxylation sites is 1. The number of carboxylic acids is 1. The zero-order valence-corrected chi connectivity index (χ0v) is 10.1. The minimum Gasteiger partial charge on any atom is -0.481 e. The van der Waals surface area contributed by atoms with Crippen LogP contribution in [0.25, 0.3) is 10.9 Å². The molecule has 0 bridgehead atoms. The average molecular weight is 261 g/mol. The van der Waals surface area contributed by atoms with Crippen LogP contribution in [-0.4, -0.2) is 21.4 Å². The van der Waals surface area contributed by atoms with Crippen molar-refractivity contribution < 1.29 is 19.1 Å². The number of carbonyl (C=O) groups excluding carboxylic acids is 1. The zero-order chi connectivity index (χ0) is 13.6. The number of aliphatic carboxylic acids is 1. The number of hydrogen-bond acceptors (Lipinski definition) is 2. The highest BCUT2D eigenvalue weighted by molar-refractivity contribution is 5.92. The third kappa shape index (κ3) is 1.82. The van der Waals surface area contributed by atoms with Crippen LogP contribution in [0.2, 0.25) is 0 Å². The van der Waals surface area contributed by atoms with Crippen molar-refractivity contribution in [1.82, 2.24) is 4.57 Å². The monoisotopic (exact) mass is 261 g/mol. The van der Waals surface area contributed by atoms with Crippen LogP contribution < -0.4 is 0 Å². The first kappa shape index (κ1) is 11.9. The Hall–Kier alpha value is -2.17. The number of fused-ring (bicyclic) bond motifs is 3. The highest BCUT2D eigenvalue weighted by atomic mass is 19.1. The van der Waals surface area contributed by atoms with Gasteiger partial charge in [0, 0.05) is 17.5 Å². The second-order valence-electron chi connectivity index (χ2n) is 4.76. The summed E-state index contributed by atoms with van der Waals surface area (Å²) in [6.45, 7) is 0.131. The zero-order valence-electron chi connectivity index (χ0n) is 10.1. The summed E-state index contributed by atoms with van der Waals surface area (Å²) in [6, 6.07) is 4.61. The van der Waals surface area contributed by atoms with Gasteiger partial charge in [-0.2, -0.15) is 0 Å². The smallest absolute Gasteiger partial charge is 0.307 e. The first-order valence-corrected chi connectivity index (χ1v) is 6.10. The lowest BCUT2D eigenvalue weighted by atomic mass is 10.0. The average Bonchev–Trinajstić information content (AvgIpc) is 2.64. The molecule has 0 atom stereocenters. The predicted molar refractivity (Wildman–Crippen MR) is 66.6 cm³/mol.